The minimum absolute atomic E-state index is 0. The summed E-state index contributed by atoms with van der Waals surface area (Å²) in [4.78, 5) is 0. The summed E-state index contributed by atoms with van der Waals surface area (Å²) in [5.74, 6) is 0.0341. The van der Waals surface area contributed by atoms with Gasteiger partial charge in [0.15, 0.2) is 0 Å². The minimum Gasteiger partial charge on any atom is -0.726 e. The molecule has 0 amide bonds. The van der Waals surface area contributed by atoms with Crippen molar-refractivity contribution < 1.29 is 34.3 Å². The second kappa shape index (κ2) is 69.3. The molecule has 0 heterocycles. The molecule has 0 spiro atoms. The Morgan fingerprint density at radius 2 is 0.443 bits per heavy atom. The summed E-state index contributed by atoms with van der Waals surface area (Å²) in [6, 6.07) is 0. The molecule has 2 unspecified atom stereocenters. The average molecular weight is 1180 g/mol. The Morgan fingerprint density at radius 1 is 0.278 bits per heavy atom. The van der Waals surface area contributed by atoms with Crippen LogP contribution in [-0.2, 0) is 29.2 Å². The summed E-state index contributed by atoms with van der Waals surface area (Å²) in [6.45, 7) is 9.05. The molecule has 0 aliphatic heterocycles. The van der Waals surface area contributed by atoms with E-state index in [1.807, 2.05) is 0 Å². The summed E-state index contributed by atoms with van der Waals surface area (Å²) in [5.41, 5.74) is 0. The van der Waals surface area contributed by atoms with Crippen LogP contribution in [0.2, 0.25) is 0 Å². The Balaban J connectivity index is -0.00000144. The van der Waals surface area contributed by atoms with Gasteiger partial charge in [-0.15, -0.1) is 0 Å². The van der Waals surface area contributed by atoms with Crippen molar-refractivity contribution in [1.82, 2.24) is 0 Å². The molecule has 0 aliphatic rings. The van der Waals surface area contributed by atoms with Crippen molar-refractivity contribution >= 4 is 58.5 Å². The molecule has 0 N–H and O–H groups in total. The number of unbranched alkanes of at least 4 members (excludes halogenated alkanes) is 50. The van der Waals surface area contributed by atoms with Gasteiger partial charge in [-0.1, -0.05) is 373 Å². The molecule has 79 heavy (non-hydrogen) atoms. The molecule has 0 aromatic heterocycles. The van der Waals surface area contributed by atoms with Gasteiger partial charge in [0.1, 0.15) is 0 Å². The fourth-order valence-electron chi connectivity index (χ4n) is 10.8. The molecule has 0 saturated carbocycles. The van der Waals surface area contributed by atoms with E-state index in [-0.39, 0.29) is 62.8 Å². The first kappa shape index (κ1) is 83.7. The molecule has 0 bridgehead atoms. The fraction of sp³-hybridized carbons (Fsp3) is 0.941. The maximum absolute atomic E-state index is 10.9. The van der Waals surface area contributed by atoms with E-state index >= 15 is 0 Å². The molecule has 0 radical (unpaired) electrons. The van der Waals surface area contributed by atoms with Crippen molar-refractivity contribution in [3.05, 3.63) is 24.3 Å². The Kier molecular flexibility index (Phi) is 73.4. The van der Waals surface area contributed by atoms with Gasteiger partial charge in [-0.2, -0.15) is 0 Å². The quantitative estimate of drug-likeness (QED) is 0.0193. The first-order chi connectivity index (χ1) is 38.0. The predicted molar refractivity (Wildman–Crippen MR) is 344 cm³/mol. The number of hydrogen-bond donors (Lipinski definition) is 0. The minimum atomic E-state index is -4.62. The van der Waals surface area contributed by atoms with Gasteiger partial charge >= 0.3 is 37.7 Å². The zero-order chi connectivity index (χ0) is 57.4. The fourth-order valence-corrected chi connectivity index (χ4v) is 11.5. The Labute approximate surface area is 525 Å². The molecule has 0 rings (SSSR count). The van der Waals surface area contributed by atoms with E-state index in [0.717, 1.165) is 38.5 Å². The van der Waals surface area contributed by atoms with Crippen LogP contribution in [0.25, 0.3) is 0 Å². The molecule has 0 aliphatic carbocycles. The zero-order valence-electron chi connectivity index (χ0n) is 53.3. The Morgan fingerprint density at radius 3 is 0.620 bits per heavy atom. The summed E-state index contributed by atoms with van der Waals surface area (Å²) in [6.07, 6.45) is 81.9. The molecule has 2 atom stereocenters. The second-order valence-corrected chi connectivity index (χ2v) is 26.0. The number of rotatable bonds is 64. The van der Waals surface area contributed by atoms with Crippen molar-refractivity contribution in [3.63, 3.8) is 0 Å². The van der Waals surface area contributed by atoms with Crippen LogP contribution in [0.4, 0.5) is 0 Å². The largest absolute Gasteiger partial charge is 2.00 e. The van der Waals surface area contributed by atoms with Crippen LogP contribution in [0.3, 0.4) is 0 Å². The molecule has 468 valence electrons. The van der Waals surface area contributed by atoms with Crippen LogP contribution < -0.4 is 0 Å². The topological polar surface area (TPSA) is 133 Å². The van der Waals surface area contributed by atoms with Gasteiger partial charge in [0.25, 0.3) is 0 Å². The van der Waals surface area contributed by atoms with Crippen molar-refractivity contribution in [2.24, 2.45) is 11.8 Å². The summed E-state index contributed by atoms with van der Waals surface area (Å²) >= 11 is 0. The monoisotopic (exact) mass is 1180 g/mol. The van der Waals surface area contributed by atoms with E-state index in [0.29, 0.717) is 0 Å². The first-order valence-corrected chi connectivity index (χ1v) is 37.2. The predicted octanol–water partition coefficient (Wildman–Crippen LogP) is 22.8. The van der Waals surface area contributed by atoms with Crippen LogP contribution in [-0.4, -0.2) is 76.9 Å². The SMILES string of the molecule is CCCCCCCCCCCCC/C=C/C(CCCCCCCCCCCCCCCCC)COS(=O)(=O)[O-].CCCCCCCCCCCCC/C=C/C(CCCCCCCCCCCCCCCCC)COS(=O)(=O)[O-].[Ca+2]. The third kappa shape index (κ3) is 78.5. The molecular formula is C68H134CaO8S2. The van der Waals surface area contributed by atoms with Gasteiger partial charge in [-0.25, -0.2) is 16.8 Å². The van der Waals surface area contributed by atoms with Crippen molar-refractivity contribution in [3.8, 4) is 0 Å². The Bertz CT molecular complexity index is 1320. The maximum Gasteiger partial charge on any atom is 2.00 e. The van der Waals surface area contributed by atoms with Crippen LogP contribution in [0.1, 0.15) is 387 Å². The van der Waals surface area contributed by atoms with E-state index in [1.54, 1.807) is 0 Å². The van der Waals surface area contributed by atoms with E-state index in [4.69, 9.17) is 0 Å². The van der Waals surface area contributed by atoms with Crippen LogP contribution >= 0.6 is 0 Å². The molecule has 11 heteroatoms. The average Bonchev–Trinajstić information content (AvgIpc) is 3.41. The van der Waals surface area contributed by atoms with Gasteiger partial charge in [0.2, 0.25) is 20.8 Å². The molecule has 0 aromatic rings. The zero-order valence-corrected chi connectivity index (χ0v) is 57.1. The number of hydrogen-bond acceptors (Lipinski definition) is 8. The first-order valence-electron chi connectivity index (χ1n) is 34.5. The summed E-state index contributed by atoms with van der Waals surface area (Å²) in [5, 5.41) is 0. The van der Waals surface area contributed by atoms with Crippen molar-refractivity contribution in [2.45, 2.75) is 387 Å². The number of allylic oxidation sites excluding steroid dienone is 2. The second-order valence-electron chi connectivity index (χ2n) is 23.9. The smallest absolute Gasteiger partial charge is 0.726 e. The van der Waals surface area contributed by atoms with E-state index in [2.05, 4.69) is 60.4 Å². The van der Waals surface area contributed by atoms with Crippen LogP contribution in [0.15, 0.2) is 24.3 Å². The van der Waals surface area contributed by atoms with Crippen molar-refractivity contribution in [1.29, 1.82) is 0 Å². The van der Waals surface area contributed by atoms with Crippen LogP contribution in [0.5, 0.6) is 0 Å². The van der Waals surface area contributed by atoms with E-state index < -0.39 is 20.8 Å². The molecule has 0 fully saturated rings. The third-order valence-corrected chi connectivity index (χ3v) is 16.8. The van der Waals surface area contributed by atoms with E-state index in [1.165, 1.54) is 321 Å². The third-order valence-electron chi connectivity index (χ3n) is 16.0. The molecule has 0 aromatic carbocycles. The van der Waals surface area contributed by atoms with E-state index in [9.17, 15) is 25.9 Å². The van der Waals surface area contributed by atoms with Crippen molar-refractivity contribution in [2.75, 3.05) is 13.2 Å². The normalized spacial score (nSPS) is 12.8. The van der Waals surface area contributed by atoms with Gasteiger partial charge in [-0.05, 0) is 38.5 Å². The standard InChI is InChI=1S/2C34H68O4S.Ca/c2*1-3-5-7-9-11-13-15-17-18-20-22-24-26-28-30-32-34(33-38-39(35,36)37)31-29-27-25-23-21-19-16-14-12-10-8-6-4-2;/h2*29,31,34H,3-28,30,32-33H2,1-2H3,(H,35,36,37);/q;;+2/p-2/b2*31-29+;. The molecule has 8 nitrogen and oxygen atoms in total. The maximum atomic E-state index is 10.9. The summed E-state index contributed by atoms with van der Waals surface area (Å²) < 4.78 is 74.8. The molecule has 0 saturated heterocycles. The van der Waals surface area contributed by atoms with Gasteiger partial charge in [0, 0.05) is 11.8 Å². The van der Waals surface area contributed by atoms with Gasteiger partial charge in [-0.3, -0.25) is 8.37 Å². The summed E-state index contributed by atoms with van der Waals surface area (Å²) in [7, 11) is -9.24. The van der Waals surface area contributed by atoms with Crippen LogP contribution in [0, 0.1) is 11.8 Å². The molecular weight excluding hydrogens is 1050 g/mol. The van der Waals surface area contributed by atoms with Gasteiger partial charge < -0.3 is 9.11 Å². The van der Waals surface area contributed by atoms with Gasteiger partial charge in [0.05, 0.1) is 13.2 Å². The Hall–Kier alpha value is 0.480.